The molecule has 5 heteroatoms. The lowest BCUT2D eigenvalue weighted by Crippen LogP contribution is -2.25. The van der Waals surface area contributed by atoms with E-state index in [1.165, 1.54) is 0 Å². The zero-order valence-electron chi connectivity index (χ0n) is 9.78. The first-order chi connectivity index (χ1) is 7.51. The minimum absolute atomic E-state index is 0.0251. The fourth-order valence-electron chi connectivity index (χ4n) is 1.33. The summed E-state index contributed by atoms with van der Waals surface area (Å²) < 4.78 is 10.3. The molecule has 0 aliphatic carbocycles. The number of hydrogen-bond acceptors (Lipinski definition) is 5. The molecule has 5 nitrogen and oxygen atoms in total. The second-order valence-corrected chi connectivity index (χ2v) is 3.82. The summed E-state index contributed by atoms with van der Waals surface area (Å²) >= 11 is 0. The molecule has 16 heavy (non-hydrogen) atoms. The van der Waals surface area contributed by atoms with E-state index in [1.807, 2.05) is 6.92 Å². The predicted molar refractivity (Wildman–Crippen MR) is 57.2 cm³/mol. The van der Waals surface area contributed by atoms with Gasteiger partial charge in [0, 0.05) is 6.54 Å². The van der Waals surface area contributed by atoms with Crippen molar-refractivity contribution in [2.45, 2.75) is 33.3 Å². The van der Waals surface area contributed by atoms with Gasteiger partial charge in [-0.25, -0.2) is 0 Å². The summed E-state index contributed by atoms with van der Waals surface area (Å²) in [6, 6.07) is 0. The summed E-state index contributed by atoms with van der Waals surface area (Å²) in [7, 11) is 0. The third-order valence-electron chi connectivity index (χ3n) is 2.48. The molecule has 2 N–H and O–H groups in total. The summed E-state index contributed by atoms with van der Waals surface area (Å²) in [5.41, 5.74) is 5.34. The third kappa shape index (κ3) is 2.41. The Labute approximate surface area is 94.6 Å². The molecule has 0 spiro atoms. The summed E-state index contributed by atoms with van der Waals surface area (Å²) in [6.45, 7) is 5.29. The van der Waals surface area contributed by atoms with Crippen LogP contribution in [0.4, 0.5) is 0 Å². The van der Waals surface area contributed by atoms with Gasteiger partial charge in [-0.2, -0.15) is 0 Å². The van der Waals surface area contributed by atoms with E-state index in [1.54, 1.807) is 13.8 Å². The van der Waals surface area contributed by atoms with Crippen molar-refractivity contribution in [3.63, 3.8) is 0 Å². The molecule has 0 aromatic carbocycles. The van der Waals surface area contributed by atoms with E-state index >= 15 is 0 Å². The van der Waals surface area contributed by atoms with Gasteiger partial charge in [0.15, 0.2) is 6.10 Å². The van der Waals surface area contributed by atoms with Gasteiger partial charge >= 0.3 is 5.97 Å². The van der Waals surface area contributed by atoms with Crippen LogP contribution in [0.15, 0.2) is 11.5 Å². The van der Waals surface area contributed by atoms with Crippen LogP contribution in [-0.4, -0.2) is 24.4 Å². The SMILES string of the molecule is CCC1OC(C)=C(OC(=O)C(C)CN)C1=O. The van der Waals surface area contributed by atoms with Crippen LogP contribution in [0.25, 0.3) is 0 Å². The Bertz CT molecular complexity index is 335. The molecule has 0 aromatic heterocycles. The Morgan fingerprint density at radius 2 is 2.25 bits per heavy atom. The second-order valence-electron chi connectivity index (χ2n) is 3.82. The first kappa shape index (κ1) is 12.7. The van der Waals surface area contributed by atoms with Gasteiger partial charge in [-0.1, -0.05) is 13.8 Å². The van der Waals surface area contributed by atoms with E-state index < -0.39 is 18.0 Å². The molecule has 1 rings (SSSR count). The number of hydrogen-bond donors (Lipinski definition) is 1. The highest BCUT2D eigenvalue weighted by Gasteiger charge is 2.35. The van der Waals surface area contributed by atoms with Gasteiger partial charge in [0.1, 0.15) is 5.76 Å². The molecule has 0 saturated carbocycles. The highest BCUT2D eigenvalue weighted by atomic mass is 16.6. The van der Waals surface area contributed by atoms with Crippen molar-refractivity contribution >= 4 is 11.8 Å². The fourth-order valence-corrected chi connectivity index (χ4v) is 1.33. The van der Waals surface area contributed by atoms with E-state index in [4.69, 9.17) is 15.2 Å². The van der Waals surface area contributed by atoms with E-state index in [2.05, 4.69) is 0 Å². The van der Waals surface area contributed by atoms with Crippen LogP contribution in [0.3, 0.4) is 0 Å². The monoisotopic (exact) mass is 227 g/mol. The molecule has 2 unspecified atom stereocenters. The highest BCUT2D eigenvalue weighted by molar-refractivity contribution is 6.01. The maximum absolute atomic E-state index is 11.7. The Hall–Kier alpha value is -1.36. The van der Waals surface area contributed by atoms with Gasteiger partial charge in [-0.3, -0.25) is 9.59 Å². The van der Waals surface area contributed by atoms with Crippen molar-refractivity contribution in [1.29, 1.82) is 0 Å². The van der Waals surface area contributed by atoms with Crippen LogP contribution in [0.5, 0.6) is 0 Å². The van der Waals surface area contributed by atoms with Crippen LogP contribution in [-0.2, 0) is 19.1 Å². The van der Waals surface area contributed by atoms with Crippen molar-refractivity contribution in [2.24, 2.45) is 11.7 Å². The number of ketones is 1. The summed E-state index contributed by atoms with van der Waals surface area (Å²) in [5, 5.41) is 0. The molecule has 0 bridgehead atoms. The quantitative estimate of drug-likeness (QED) is 0.716. The lowest BCUT2D eigenvalue weighted by atomic mass is 10.1. The van der Waals surface area contributed by atoms with Crippen molar-refractivity contribution in [2.75, 3.05) is 6.54 Å². The molecular weight excluding hydrogens is 210 g/mol. The fraction of sp³-hybridized carbons (Fsp3) is 0.636. The molecule has 90 valence electrons. The predicted octanol–water partition coefficient (Wildman–Crippen LogP) is 0.734. The lowest BCUT2D eigenvalue weighted by molar-refractivity contribution is -0.146. The van der Waals surface area contributed by atoms with E-state index in [-0.39, 0.29) is 18.1 Å². The lowest BCUT2D eigenvalue weighted by Gasteiger charge is -2.08. The van der Waals surface area contributed by atoms with Crippen molar-refractivity contribution in [3.8, 4) is 0 Å². The van der Waals surface area contributed by atoms with Gasteiger partial charge in [0.2, 0.25) is 11.5 Å². The van der Waals surface area contributed by atoms with Crippen LogP contribution in [0.1, 0.15) is 27.2 Å². The minimum Gasteiger partial charge on any atom is -0.483 e. The molecule has 0 fully saturated rings. The van der Waals surface area contributed by atoms with Gasteiger partial charge in [0.25, 0.3) is 0 Å². The maximum Gasteiger partial charge on any atom is 0.315 e. The molecular formula is C11H17NO4. The zero-order valence-corrected chi connectivity index (χ0v) is 9.78. The Morgan fingerprint density at radius 1 is 1.62 bits per heavy atom. The molecule has 1 aliphatic rings. The first-order valence-corrected chi connectivity index (χ1v) is 5.34. The molecule has 0 amide bonds. The molecule has 0 radical (unpaired) electrons. The van der Waals surface area contributed by atoms with E-state index in [0.29, 0.717) is 12.2 Å². The maximum atomic E-state index is 11.7. The highest BCUT2D eigenvalue weighted by Crippen LogP contribution is 2.24. The van der Waals surface area contributed by atoms with Crippen molar-refractivity contribution < 1.29 is 19.1 Å². The van der Waals surface area contributed by atoms with Crippen LogP contribution in [0, 0.1) is 5.92 Å². The number of rotatable bonds is 4. The Balaban J connectivity index is 2.71. The van der Waals surface area contributed by atoms with Crippen LogP contribution < -0.4 is 5.73 Å². The smallest absolute Gasteiger partial charge is 0.315 e. The third-order valence-corrected chi connectivity index (χ3v) is 2.48. The summed E-state index contributed by atoms with van der Waals surface area (Å²) in [5.74, 6) is -0.788. The van der Waals surface area contributed by atoms with Crippen LogP contribution >= 0.6 is 0 Å². The van der Waals surface area contributed by atoms with Gasteiger partial charge in [-0.05, 0) is 13.3 Å². The summed E-state index contributed by atoms with van der Waals surface area (Å²) in [6.07, 6.45) is 0.0416. The average molecular weight is 227 g/mol. The Kier molecular flexibility index (Phi) is 4.06. The molecule has 0 aromatic rings. The van der Waals surface area contributed by atoms with Gasteiger partial charge in [0.05, 0.1) is 5.92 Å². The van der Waals surface area contributed by atoms with Crippen LogP contribution in [0.2, 0.25) is 0 Å². The zero-order chi connectivity index (χ0) is 12.3. The largest absolute Gasteiger partial charge is 0.483 e. The van der Waals surface area contributed by atoms with E-state index in [9.17, 15) is 9.59 Å². The molecule has 2 atom stereocenters. The van der Waals surface area contributed by atoms with Gasteiger partial charge in [-0.15, -0.1) is 0 Å². The normalized spacial score (nSPS) is 22.0. The number of allylic oxidation sites excluding steroid dienone is 1. The number of esters is 1. The van der Waals surface area contributed by atoms with Crippen molar-refractivity contribution in [1.82, 2.24) is 0 Å². The first-order valence-electron chi connectivity index (χ1n) is 5.34. The standard InChI is InChI=1S/C11H17NO4/c1-4-8-9(13)10(7(3)15-8)16-11(14)6(2)5-12/h6,8H,4-5,12H2,1-3H3. The van der Waals surface area contributed by atoms with Gasteiger partial charge < -0.3 is 15.2 Å². The summed E-state index contributed by atoms with van der Waals surface area (Å²) in [4.78, 5) is 23.2. The Morgan fingerprint density at radius 3 is 2.69 bits per heavy atom. The minimum atomic E-state index is -0.518. The number of Topliss-reactive ketones (excluding diaryl/α,β-unsaturated/α-hetero) is 1. The average Bonchev–Trinajstić information content (AvgIpc) is 2.55. The topological polar surface area (TPSA) is 78.6 Å². The number of carbonyl (C=O) groups is 2. The molecule has 0 saturated heterocycles. The number of carbonyl (C=O) groups excluding carboxylic acids is 2. The number of nitrogens with two attached hydrogens (primary N) is 1. The van der Waals surface area contributed by atoms with E-state index in [0.717, 1.165) is 0 Å². The number of ether oxygens (including phenoxy) is 2. The van der Waals surface area contributed by atoms with Crippen molar-refractivity contribution in [3.05, 3.63) is 11.5 Å². The second kappa shape index (κ2) is 5.12. The molecule has 1 heterocycles. The molecule has 1 aliphatic heterocycles.